The fraction of sp³-hybridized carbons (Fsp3) is 0.793. The summed E-state index contributed by atoms with van der Waals surface area (Å²) < 4.78 is 0. The molecule has 0 aromatic rings. The van der Waals surface area contributed by atoms with Crippen LogP contribution < -0.4 is 16.0 Å². The van der Waals surface area contributed by atoms with Gasteiger partial charge in [-0.1, -0.05) is 74.3 Å². The number of nitrogens with one attached hydrogen (secondary N) is 3. The Morgan fingerprint density at radius 1 is 1.11 bits per heavy atom. The van der Waals surface area contributed by atoms with Crippen molar-refractivity contribution in [1.82, 2.24) is 20.9 Å². The van der Waals surface area contributed by atoms with Gasteiger partial charge in [0.05, 0.1) is 18.1 Å². The van der Waals surface area contributed by atoms with E-state index in [-0.39, 0.29) is 23.4 Å². The third-order valence-corrected chi connectivity index (χ3v) is 5.17. The highest BCUT2D eigenvalue weighted by Gasteiger charge is 2.30. The zero-order chi connectivity index (χ0) is 31.2. The van der Waals surface area contributed by atoms with E-state index in [1.165, 1.54) is 0 Å². The number of aliphatic hydroxyl groups excluding tert-OH is 1. The van der Waals surface area contributed by atoms with E-state index in [0.717, 1.165) is 52.2 Å². The van der Waals surface area contributed by atoms with Crippen LogP contribution in [0.5, 0.6) is 0 Å². The second-order valence-electron chi connectivity index (χ2n) is 8.98. The smallest absolute Gasteiger partial charge is 0.237 e. The highest BCUT2D eigenvalue weighted by molar-refractivity contribution is 6.27. The van der Waals surface area contributed by atoms with Crippen LogP contribution in [0.2, 0.25) is 0 Å². The van der Waals surface area contributed by atoms with Crippen LogP contribution >= 0.6 is 0 Å². The molecule has 4 N–H and O–H groups in total. The van der Waals surface area contributed by atoms with Gasteiger partial charge in [0.1, 0.15) is 6.29 Å². The molecule has 0 aliphatic carbocycles. The first-order chi connectivity index (χ1) is 18.0. The zero-order valence-electron chi connectivity index (χ0n) is 26.6. The maximum atomic E-state index is 12.0. The summed E-state index contributed by atoms with van der Waals surface area (Å²) in [5, 5.41) is 15.5. The van der Waals surface area contributed by atoms with Crippen LogP contribution in [0.3, 0.4) is 0 Å². The molecule has 0 spiro atoms. The molecule has 1 aliphatic heterocycles. The minimum atomic E-state index is -0.649. The molecular formula is C29H62N4O5. The van der Waals surface area contributed by atoms with Crippen LogP contribution in [0.1, 0.15) is 87.5 Å². The Morgan fingerprint density at radius 3 is 1.87 bits per heavy atom. The van der Waals surface area contributed by atoms with Gasteiger partial charge in [0.2, 0.25) is 11.7 Å². The van der Waals surface area contributed by atoms with Crippen molar-refractivity contribution in [3.63, 3.8) is 0 Å². The van der Waals surface area contributed by atoms with Gasteiger partial charge >= 0.3 is 0 Å². The third-order valence-electron chi connectivity index (χ3n) is 5.17. The average molecular weight is 547 g/mol. The zero-order valence-corrected chi connectivity index (χ0v) is 26.6. The van der Waals surface area contributed by atoms with Crippen molar-refractivity contribution in [1.29, 1.82) is 0 Å². The van der Waals surface area contributed by atoms with E-state index in [1.54, 1.807) is 7.05 Å². The Balaban J connectivity index is -0.000000152. The number of rotatable bonds is 11. The predicted molar refractivity (Wildman–Crippen MR) is 162 cm³/mol. The average Bonchev–Trinajstić information content (AvgIpc) is 3.36. The number of hydrogen-bond acceptors (Lipinski definition) is 8. The molecule has 1 amide bonds. The topological polar surface area (TPSA) is 128 Å². The third kappa shape index (κ3) is 25.7. The molecule has 228 valence electrons. The number of aliphatic hydroxyl groups is 1. The van der Waals surface area contributed by atoms with Gasteiger partial charge in [-0.3, -0.25) is 19.3 Å². The van der Waals surface area contributed by atoms with E-state index < -0.39 is 11.8 Å². The normalized spacial score (nSPS) is 15.2. The Bertz CT molecular complexity index is 566. The maximum Gasteiger partial charge on any atom is 0.237 e. The molecule has 9 nitrogen and oxygen atoms in total. The van der Waals surface area contributed by atoms with E-state index in [2.05, 4.69) is 22.5 Å². The van der Waals surface area contributed by atoms with Crippen molar-refractivity contribution >= 4 is 24.3 Å². The summed E-state index contributed by atoms with van der Waals surface area (Å²) in [5.41, 5.74) is 0.0382. The second kappa shape index (κ2) is 33.1. The number of carbonyl (C=O) groups excluding carboxylic acids is 4. The maximum absolute atomic E-state index is 12.0. The van der Waals surface area contributed by atoms with Crippen LogP contribution in [0.15, 0.2) is 12.7 Å². The summed E-state index contributed by atoms with van der Waals surface area (Å²) >= 11 is 0. The SMILES string of the molecule is C=CCNC.CC.CC.CCCCC(NC(=O)C1CCCN1C)C(=O)C=O.CNC(C=O)C(C)(C)C.CO. The van der Waals surface area contributed by atoms with E-state index in [9.17, 15) is 19.2 Å². The minimum Gasteiger partial charge on any atom is -0.400 e. The number of unbranched alkanes of at least 4 members (excludes halogenated alkanes) is 1. The minimum absolute atomic E-state index is 0.0301. The van der Waals surface area contributed by atoms with Crippen molar-refractivity contribution in [3.05, 3.63) is 12.7 Å². The van der Waals surface area contributed by atoms with Crippen molar-refractivity contribution in [2.24, 2.45) is 5.41 Å². The second-order valence-corrected chi connectivity index (χ2v) is 8.98. The van der Waals surface area contributed by atoms with Crippen molar-refractivity contribution in [2.45, 2.75) is 106 Å². The molecule has 9 heteroatoms. The van der Waals surface area contributed by atoms with Crippen LogP contribution in [0, 0.1) is 5.41 Å². The largest absolute Gasteiger partial charge is 0.400 e. The van der Waals surface area contributed by atoms with Crippen LogP contribution in [-0.4, -0.2) is 93.7 Å². The summed E-state index contributed by atoms with van der Waals surface area (Å²) in [5.74, 6) is -0.663. The summed E-state index contributed by atoms with van der Waals surface area (Å²) in [7, 11) is 6.59. The highest BCUT2D eigenvalue weighted by atomic mass is 16.2. The molecule has 0 radical (unpaired) electrons. The number of nitrogens with zero attached hydrogens (tertiary/aromatic N) is 1. The van der Waals surface area contributed by atoms with Crippen molar-refractivity contribution in [3.8, 4) is 0 Å². The van der Waals surface area contributed by atoms with Gasteiger partial charge in [0, 0.05) is 13.7 Å². The number of Topliss-reactive ketones (excluding diaryl/α,β-unsaturated/α-hetero) is 1. The van der Waals surface area contributed by atoms with Crippen LogP contribution in [0.4, 0.5) is 0 Å². The molecule has 1 heterocycles. The highest BCUT2D eigenvalue weighted by Crippen LogP contribution is 2.16. The van der Waals surface area contributed by atoms with Gasteiger partial charge in [0.25, 0.3) is 0 Å². The van der Waals surface area contributed by atoms with E-state index >= 15 is 0 Å². The lowest BCUT2D eigenvalue weighted by Gasteiger charge is -2.24. The van der Waals surface area contributed by atoms with Gasteiger partial charge in [-0.2, -0.15) is 0 Å². The number of likely N-dealkylation sites (tertiary alicyclic amines) is 1. The Kier molecular flexibility index (Phi) is 40.0. The molecule has 3 atom stereocenters. The molecule has 3 unspecified atom stereocenters. The van der Waals surface area contributed by atoms with Crippen LogP contribution in [-0.2, 0) is 19.2 Å². The summed E-state index contributed by atoms with van der Waals surface area (Å²) in [6.07, 6.45) is 7.18. The lowest BCUT2D eigenvalue weighted by molar-refractivity contribution is -0.134. The molecule has 1 rings (SSSR count). The van der Waals surface area contributed by atoms with Gasteiger partial charge < -0.3 is 25.9 Å². The number of ketones is 1. The first-order valence-corrected chi connectivity index (χ1v) is 13.9. The number of hydrogen-bond donors (Lipinski definition) is 4. The first-order valence-electron chi connectivity index (χ1n) is 13.9. The molecule has 1 fully saturated rings. The number of aldehydes is 2. The summed E-state index contributed by atoms with van der Waals surface area (Å²) in [6.45, 7) is 21.4. The predicted octanol–water partition coefficient (Wildman–Crippen LogP) is 3.40. The van der Waals surface area contributed by atoms with E-state index in [0.29, 0.717) is 12.7 Å². The van der Waals surface area contributed by atoms with Gasteiger partial charge in [-0.05, 0) is 52.4 Å². The Labute approximate surface area is 234 Å². The molecule has 0 aromatic carbocycles. The molecular weight excluding hydrogens is 484 g/mol. The monoisotopic (exact) mass is 546 g/mol. The summed E-state index contributed by atoms with van der Waals surface area (Å²) in [4.78, 5) is 46.4. The van der Waals surface area contributed by atoms with Crippen LogP contribution in [0.25, 0.3) is 0 Å². The molecule has 0 aromatic heterocycles. The van der Waals surface area contributed by atoms with Crippen molar-refractivity contribution < 1.29 is 24.3 Å². The van der Waals surface area contributed by atoms with E-state index in [1.807, 2.05) is 80.5 Å². The Morgan fingerprint density at radius 2 is 1.63 bits per heavy atom. The molecule has 1 aliphatic rings. The molecule has 0 saturated carbocycles. The van der Waals surface area contributed by atoms with Gasteiger partial charge in [-0.15, -0.1) is 6.58 Å². The fourth-order valence-corrected chi connectivity index (χ4v) is 3.13. The number of carbonyl (C=O) groups is 4. The molecule has 38 heavy (non-hydrogen) atoms. The quantitative estimate of drug-likeness (QED) is 0.176. The van der Waals surface area contributed by atoms with Gasteiger partial charge in [-0.25, -0.2) is 0 Å². The van der Waals surface area contributed by atoms with Crippen molar-refractivity contribution in [2.75, 3.05) is 41.3 Å². The Hall–Kier alpha value is -1.94. The lowest BCUT2D eigenvalue weighted by Crippen LogP contribution is -2.48. The van der Waals surface area contributed by atoms with E-state index in [4.69, 9.17) is 5.11 Å². The number of likely N-dealkylation sites (N-methyl/N-ethyl adjacent to an activating group) is 3. The first kappa shape index (κ1) is 45.9. The molecule has 0 bridgehead atoms. The standard InChI is InChI=1S/C13H22N2O3.C7H15NO.C4H9N.2C2H6.CH4O/c1-3-4-6-10(12(17)9-16)14-13(18)11-7-5-8-15(11)2;1-7(2,3)6(5-9)8-4;1-3-4-5-2;3*1-2/h9-11H,3-8H2,1-2H3,(H,14,18);5-6,8H,1-4H3;3,5H,1,4H2,2H3;2*1-2H3;2H,1H3. The van der Waals surface area contributed by atoms with Gasteiger partial charge in [0.15, 0.2) is 6.29 Å². The summed E-state index contributed by atoms with van der Waals surface area (Å²) in [6, 6.07) is -0.838. The lowest BCUT2D eigenvalue weighted by atomic mass is 9.88. The molecule has 1 saturated heterocycles. The number of amides is 1. The fourth-order valence-electron chi connectivity index (χ4n) is 3.13.